The summed E-state index contributed by atoms with van der Waals surface area (Å²) in [5, 5.41) is 2.83. The molecule has 0 bridgehead atoms. The number of amides is 1. The molecule has 0 aliphatic carbocycles. The molecular weight excluding hydrogens is 228 g/mol. The van der Waals surface area contributed by atoms with Crippen molar-refractivity contribution in [2.24, 2.45) is 11.8 Å². The van der Waals surface area contributed by atoms with Crippen LogP contribution in [0.4, 0.5) is 11.4 Å². The molecule has 0 radical (unpaired) electrons. The van der Waals surface area contributed by atoms with Gasteiger partial charge in [-0.3, -0.25) is 4.79 Å². The van der Waals surface area contributed by atoms with E-state index in [9.17, 15) is 4.79 Å². The molecule has 0 aliphatic heterocycles. The van der Waals surface area contributed by atoms with Gasteiger partial charge in [0.25, 0.3) is 0 Å². The second kappa shape index (κ2) is 6.28. The number of hydrogen-bond acceptors (Lipinski definition) is 3. The van der Waals surface area contributed by atoms with Crippen molar-refractivity contribution in [1.82, 2.24) is 0 Å². The number of methoxy groups -OCH3 is 1. The quantitative estimate of drug-likeness (QED) is 0.790. The van der Waals surface area contributed by atoms with Crippen LogP contribution in [-0.4, -0.2) is 13.0 Å². The third kappa shape index (κ3) is 3.95. The highest BCUT2D eigenvalue weighted by Gasteiger charge is 2.13. The monoisotopic (exact) mass is 250 g/mol. The minimum atomic E-state index is -0.0175. The zero-order chi connectivity index (χ0) is 13.7. The van der Waals surface area contributed by atoms with Crippen molar-refractivity contribution >= 4 is 17.3 Å². The Morgan fingerprint density at radius 2 is 2.06 bits per heavy atom. The molecule has 1 aromatic rings. The maximum atomic E-state index is 11.9. The average molecular weight is 250 g/mol. The summed E-state index contributed by atoms with van der Waals surface area (Å²) in [5.74, 6) is 1.49. The van der Waals surface area contributed by atoms with Crippen LogP contribution in [0.3, 0.4) is 0 Å². The predicted octanol–water partition coefficient (Wildman–Crippen LogP) is 2.90. The van der Waals surface area contributed by atoms with Crippen LogP contribution < -0.4 is 15.8 Å². The van der Waals surface area contributed by atoms with E-state index in [1.54, 1.807) is 25.3 Å². The van der Waals surface area contributed by atoms with E-state index in [2.05, 4.69) is 26.1 Å². The standard InChI is InChI=1S/C14H22N2O2/c1-9(2)10(3)7-14(17)16-13-8-11(18-4)5-6-12(13)15/h5-6,8-10H,7,15H2,1-4H3,(H,16,17). The minimum Gasteiger partial charge on any atom is -0.497 e. The van der Waals surface area contributed by atoms with E-state index < -0.39 is 0 Å². The largest absolute Gasteiger partial charge is 0.497 e. The second-order valence-electron chi connectivity index (χ2n) is 4.93. The van der Waals surface area contributed by atoms with Crippen LogP contribution in [0.5, 0.6) is 5.75 Å². The summed E-state index contributed by atoms with van der Waals surface area (Å²) in [7, 11) is 1.58. The Balaban J connectivity index is 2.69. The number of hydrogen-bond donors (Lipinski definition) is 2. The van der Waals surface area contributed by atoms with Crippen LogP contribution >= 0.6 is 0 Å². The molecule has 1 aromatic carbocycles. The van der Waals surface area contributed by atoms with E-state index in [1.807, 2.05) is 0 Å². The fourth-order valence-corrected chi connectivity index (χ4v) is 1.50. The predicted molar refractivity (Wildman–Crippen MR) is 74.7 cm³/mol. The lowest BCUT2D eigenvalue weighted by atomic mass is 9.94. The smallest absolute Gasteiger partial charge is 0.224 e. The molecule has 0 aromatic heterocycles. The van der Waals surface area contributed by atoms with Gasteiger partial charge in [0, 0.05) is 12.5 Å². The highest BCUT2D eigenvalue weighted by molar-refractivity contribution is 5.94. The summed E-state index contributed by atoms with van der Waals surface area (Å²) in [5.41, 5.74) is 6.96. The van der Waals surface area contributed by atoms with Crippen molar-refractivity contribution in [3.63, 3.8) is 0 Å². The topological polar surface area (TPSA) is 64.3 Å². The molecule has 1 amide bonds. The van der Waals surface area contributed by atoms with Gasteiger partial charge in [0.05, 0.1) is 18.5 Å². The summed E-state index contributed by atoms with van der Waals surface area (Å²) in [6.07, 6.45) is 0.494. The van der Waals surface area contributed by atoms with Gasteiger partial charge in [-0.2, -0.15) is 0 Å². The molecule has 0 fully saturated rings. The van der Waals surface area contributed by atoms with Crippen LogP contribution in [0.15, 0.2) is 18.2 Å². The molecule has 1 unspecified atom stereocenters. The molecule has 0 heterocycles. The number of anilines is 2. The molecule has 4 nitrogen and oxygen atoms in total. The number of rotatable bonds is 5. The summed E-state index contributed by atoms with van der Waals surface area (Å²) in [6.45, 7) is 6.29. The van der Waals surface area contributed by atoms with Crippen LogP contribution in [0.1, 0.15) is 27.2 Å². The van der Waals surface area contributed by atoms with Crippen molar-refractivity contribution in [3.05, 3.63) is 18.2 Å². The molecular formula is C14H22N2O2. The number of ether oxygens (including phenoxy) is 1. The molecule has 3 N–H and O–H groups in total. The third-order valence-corrected chi connectivity index (χ3v) is 3.18. The van der Waals surface area contributed by atoms with E-state index in [0.29, 0.717) is 35.4 Å². The Kier molecular flexibility index (Phi) is 5.01. The van der Waals surface area contributed by atoms with Crippen molar-refractivity contribution < 1.29 is 9.53 Å². The van der Waals surface area contributed by atoms with Gasteiger partial charge < -0.3 is 15.8 Å². The Hall–Kier alpha value is -1.71. The van der Waals surface area contributed by atoms with Crippen molar-refractivity contribution in [2.45, 2.75) is 27.2 Å². The van der Waals surface area contributed by atoms with E-state index >= 15 is 0 Å². The highest BCUT2D eigenvalue weighted by atomic mass is 16.5. The van der Waals surface area contributed by atoms with Crippen LogP contribution in [0.2, 0.25) is 0 Å². The average Bonchev–Trinajstić information content (AvgIpc) is 2.31. The maximum absolute atomic E-state index is 11.9. The van der Waals surface area contributed by atoms with Crippen molar-refractivity contribution in [2.75, 3.05) is 18.2 Å². The Morgan fingerprint density at radius 3 is 2.61 bits per heavy atom. The number of nitrogens with two attached hydrogens (primary N) is 1. The minimum absolute atomic E-state index is 0.0175. The summed E-state index contributed by atoms with van der Waals surface area (Å²) in [4.78, 5) is 11.9. The Bertz CT molecular complexity index is 416. The first-order valence-corrected chi connectivity index (χ1v) is 6.17. The van der Waals surface area contributed by atoms with Crippen LogP contribution in [-0.2, 0) is 4.79 Å². The second-order valence-corrected chi connectivity index (χ2v) is 4.93. The molecule has 18 heavy (non-hydrogen) atoms. The van der Waals surface area contributed by atoms with Crippen molar-refractivity contribution in [1.29, 1.82) is 0 Å². The first-order chi connectivity index (χ1) is 8.43. The van der Waals surface area contributed by atoms with E-state index in [1.165, 1.54) is 0 Å². The first-order valence-electron chi connectivity index (χ1n) is 6.17. The number of benzene rings is 1. The van der Waals surface area contributed by atoms with Gasteiger partial charge in [0.15, 0.2) is 0 Å². The molecule has 0 saturated heterocycles. The lowest BCUT2D eigenvalue weighted by Gasteiger charge is -2.16. The van der Waals surface area contributed by atoms with Gasteiger partial charge >= 0.3 is 0 Å². The van der Waals surface area contributed by atoms with E-state index in [4.69, 9.17) is 10.5 Å². The fourth-order valence-electron chi connectivity index (χ4n) is 1.50. The van der Waals surface area contributed by atoms with E-state index in [-0.39, 0.29) is 5.91 Å². The zero-order valence-electron chi connectivity index (χ0n) is 11.5. The van der Waals surface area contributed by atoms with Crippen LogP contribution in [0.25, 0.3) is 0 Å². The SMILES string of the molecule is COc1ccc(N)c(NC(=O)CC(C)C(C)C)c1. The van der Waals surface area contributed by atoms with E-state index in [0.717, 1.165) is 0 Å². The molecule has 0 saturated carbocycles. The zero-order valence-corrected chi connectivity index (χ0v) is 11.5. The van der Waals surface area contributed by atoms with Gasteiger partial charge in [-0.1, -0.05) is 20.8 Å². The molecule has 4 heteroatoms. The van der Waals surface area contributed by atoms with Crippen LogP contribution in [0, 0.1) is 11.8 Å². The number of carbonyl (C=O) groups is 1. The summed E-state index contributed by atoms with van der Waals surface area (Å²) >= 11 is 0. The maximum Gasteiger partial charge on any atom is 0.224 e. The van der Waals surface area contributed by atoms with Gasteiger partial charge in [0.1, 0.15) is 5.75 Å². The highest BCUT2D eigenvalue weighted by Crippen LogP contribution is 2.25. The molecule has 0 aliphatic rings. The number of nitrogens with one attached hydrogen (secondary N) is 1. The summed E-state index contributed by atoms with van der Waals surface area (Å²) < 4.78 is 5.10. The lowest BCUT2D eigenvalue weighted by molar-refractivity contribution is -0.117. The van der Waals surface area contributed by atoms with Gasteiger partial charge in [0.2, 0.25) is 5.91 Å². The Morgan fingerprint density at radius 1 is 1.39 bits per heavy atom. The first kappa shape index (κ1) is 14.4. The lowest BCUT2D eigenvalue weighted by Crippen LogP contribution is -2.18. The molecule has 0 spiro atoms. The number of nitrogen functional groups attached to an aromatic ring is 1. The molecule has 1 atom stereocenters. The normalized spacial score (nSPS) is 12.3. The van der Waals surface area contributed by atoms with Gasteiger partial charge in [-0.15, -0.1) is 0 Å². The summed E-state index contributed by atoms with van der Waals surface area (Å²) in [6, 6.07) is 5.22. The number of carbonyl (C=O) groups excluding carboxylic acids is 1. The Labute approximate surface area is 109 Å². The third-order valence-electron chi connectivity index (χ3n) is 3.18. The van der Waals surface area contributed by atoms with Crippen molar-refractivity contribution in [3.8, 4) is 5.75 Å². The molecule has 1 rings (SSSR count). The van der Waals surface area contributed by atoms with Gasteiger partial charge in [-0.05, 0) is 24.0 Å². The van der Waals surface area contributed by atoms with Gasteiger partial charge in [-0.25, -0.2) is 0 Å². The molecule has 100 valence electrons. The fraction of sp³-hybridized carbons (Fsp3) is 0.500.